The van der Waals surface area contributed by atoms with Gasteiger partial charge >= 0.3 is 0 Å². The van der Waals surface area contributed by atoms with Crippen molar-refractivity contribution >= 4 is 40.7 Å². The zero-order valence-electron chi connectivity index (χ0n) is 29.2. The monoisotopic (exact) mass is 748 g/mol. The fourth-order valence-corrected chi connectivity index (χ4v) is 7.10. The van der Waals surface area contributed by atoms with E-state index < -0.39 is 12.0 Å². The number of methoxy groups -OCH3 is 2. The third-order valence-corrected chi connectivity index (χ3v) is 10.0. The Balaban J connectivity index is 1.18. The minimum absolute atomic E-state index is 0.0288. The van der Waals surface area contributed by atoms with Crippen molar-refractivity contribution in [1.29, 1.82) is 0 Å². The van der Waals surface area contributed by atoms with E-state index >= 15 is 0 Å². The van der Waals surface area contributed by atoms with Crippen LogP contribution in [0.5, 0.6) is 5.88 Å². The number of hydrogen-bond donors (Lipinski definition) is 4. The Hall–Kier alpha value is -4.14. The lowest BCUT2D eigenvalue weighted by Crippen LogP contribution is -2.58. The van der Waals surface area contributed by atoms with Crippen LogP contribution in [0.1, 0.15) is 40.5 Å². The van der Waals surface area contributed by atoms with Crippen LogP contribution in [0, 0.1) is 0 Å². The summed E-state index contributed by atoms with van der Waals surface area (Å²) in [5, 5.41) is 20.2. The molecule has 2 saturated heterocycles. The van der Waals surface area contributed by atoms with Gasteiger partial charge in [0.2, 0.25) is 11.8 Å². The molecule has 2 atom stereocenters. The first-order valence-corrected chi connectivity index (χ1v) is 17.8. The SMILES string of the molecule is COCc1cc(C(=O)Nc2cccc(-c3cccc(-c4ccc(CN5CC(NC(C)=O)C5)c(OC)n4)c3Cl)c2Cl)ncc1CN[C@@H]1CCOC[C@H]1O. The van der Waals surface area contributed by atoms with Crippen molar-refractivity contribution in [3.63, 3.8) is 0 Å². The number of amides is 2. The Morgan fingerprint density at radius 1 is 1.00 bits per heavy atom. The maximum Gasteiger partial charge on any atom is 0.274 e. The number of anilines is 1. The number of benzene rings is 2. The van der Waals surface area contributed by atoms with E-state index in [1.807, 2.05) is 36.4 Å². The van der Waals surface area contributed by atoms with E-state index in [2.05, 4.69) is 25.8 Å². The molecule has 2 aromatic carbocycles. The summed E-state index contributed by atoms with van der Waals surface area (Å²) >= 11 is 14.0. The summed E-state index contributed by atoms with van der Waals surface area (Å²) in [5.41, 5.74) is 5.82. The number of carbonyl (C=O) groups excluding carboxylic acids is 2. The Bertz CT molecular complexity index is 1920. The van der Waals surface area contributed by atoms with Crippen LogP contribution in [0.4, 0.5) is 5.69 Å². The predicted molar refractivity (Wildman–Crippen MR) is 200 cm³/mol. The summed E-state index contributed by atoms with van der Waals surface area (Å²) in [6.45, 7) is 5.31. The number of ether oxygens (including phenoxy) is 3. The molecule has 6 rings (SSSR count). The van der Waals surface area contributed by atoms with Gasteiger partial charge in [0.05, 0.1) is 53.9 Å². The molecule has 0 spiro atoms. The number of nitrogens with zero attached hydrogens (tertiary/aromatic N) is 3. The third kappa shape index (κ3) is 8.72. The van der Waals surface area contributed by atoms with E-state index in [9.17, 15) is 14.7 Å². The van der Waals surface area contributed by atoms with Crippen LogP contribution in [0.2, 0.25) is 10.0 Å². The van der Waals surface area contributed by atoms with E-state index in [-0.39, 0.29) is 30.3 Å². The minimum Gasteiger partial charge on any atom is -0.481 e. The van der Waals surface area contributed by atoms with Gasteiger partial charge in [0, 0.05) is 81.3 Å². The molecule has 2 aliphatic heterocycles. The zero-order chi connectivity index (χ0) is 36.8. The van der Waals surface area contributed by atoms with Crippen molar-refractivity contribution in [2.75, 3.05) is 45.8 Å². The van der Waals surface area contributed by atoms with Gasteiger partial charge in [-0.15, -0.1) is 0 Å². The highest BCUT2D eigenvalue weighted by Crippen LogP contribution is 2.41. The number of pyridine rings is 2. The van der Waals surface area contributed by atoms with E-state index in [4.69, 9.17) is 42.4 Å². The van der Waals surface area contributed by atoms with Crippen LogP contribution >= 0.6 is 23.2 Å². The maximum atomic E-state index is 13.5. The first kappa shape index (κ1) is 37.6. The smallest absolute Gasteiger partial charge is 0.274 e. The molecule has 14 heteroatoms. The molecule has 2 aliphatic rings. The van der Waals surface area contributed by atoms with Crippen LogP contribution in [0.3, 0.4) is 0 Å². The summed E-state index contributed by atoms with van der Waals surface area (Å²) in [5.74, 6) is 0.0316. The second-order valence-corrected chi connectivity index (χ2v) is 13.7. The normalized spacial score (nSPS) is 17.7. The Kier molecular flexibility index (Phi) is 12.4. The second kappa shape index (κ2) is 17.1. The average molecular weight is 750 g/mol. The van der Waals surface area contributed by atoms with Gasteiger partial charge in [-0.2, -0.15) is 0 Å². The number of hydrogen-bond acceptors (Lipinski definition) is 10. The Labute approximate surface area is 312 Å². The summed E-state index contributed by atoms with van der Waals surface area (Å²) < 4.78 is 16.4. The fraction of sp³-hybridized carbons (Fsp3) is 0.368. The molecular weight excluding hydrogens is 707 g/mol. The lowest BCUT2D eigenvalue weighted by molar-refractivity contribution is -0.120. The van der Waals surface area contributed by atoms with Gasteiger partial charge in [0.15, 0.2) is 0 Å². The van der Waals surface area contributed by atoms with E-state index in [0.717, 1.165) is 29.8 Å². The van der Waals surface area contributed by atoms with Crippen LogP contribution in [-0.2, 0) is 34.0 Å². The molecule has 0 bridgehead atoms. The van der Waals surface area contributed by atoms with Gasteiger partial charge in [0.1, 0.15) is 5.69 Å². The number of halogens is 2. The highest BCUT2D eigenvalue weighted by atomic mass is 35.5. The highest BCUT2D eigenvalue weighted by Gasteiger charge is 2.28. The van der Waals surface area contributed by atoms with Crippen LogP contribution in [0.15, 0.2) is 60.8 Å². The predicted octanol–water partition coefficient (Wildman–Crippen LogP) is 5.08. The van der Waals surface area contributed by atoms with Gasteiger partial charge in [-0.1, -0.05) is 59.6 Å². The molecule has 52 heavy (non-hydrogen) atoms. The van der Waals surface area contributed by atoms with Crippen molar-refractivity contribution < 1.29 is 28.9 Å². The molecule has 4 aromatic rings. The van der Waals surface area contributed by atoms with Gasteiger partial charge in [0.25, 0.3) is 5.91 Å². The fourth-order valence-electron chi connectivity index (χ4n) is 6.50. The zero-order valence-corrected chi connectivity index (χ0v) is 30.8. The number of nitrogens with one attached hydrogen (secondary N) is 3. The molecule has 274 valence electrons. The van der Waals surface area contributed by atoms with Gasteiger partial charge in [-0.3, -0.25) is 19.5 Å². The Morgan fingerprint density at radius 2 is 1.75 bits per heavy atom. The molecule has 4 N–H and O–H groups in total. The summed E-state index contributed by atoms with van der Waals surface area (Å²) in [6.07, 6.45) is 1.76. The molecule has 0 unspecified atom stereocenters. The minimum atomic E-state index is -0.588. The Morgan fingerprint density at radius 3 is 2.48 bits per heavy atom. The van der Waals surface area contributed by atoms with Crippen LogP contribution < -0.4 is 20.7 Å². The van der Waals surface area contributed by atoms with E-state index in [1.54, 1.807) is 38.6 Å². The van der Waals surface area contributed by atoms with Crippen molar-refractivity contribution in [1.82, 2.24) is 25.5 Å². The second-order valence-electron chi connectivity index (χ2n) is 12.9. The molecule has 0 saturated carbocycles. The lowest BCUT2D eigenvalue weighted by atomic mass is 10.00. The molecule has 4 heterocycles. The molecule has 12 nitrogen and oxygen atoms in total. The molecule has 2 aromatic heterocycles. The topological polar surface area (TPSA) is 147 Å². The maximum absolute atomic E-state index is 13.5. The number of likely N-dealkylation sites (tertiary alicyclic amines) is 1. The quantitative estimate of drug-likeness (QED) is 0.146. The number of aliphatic hydroxyl groups excluding tert-OH is 1. The highest BCUT2D eigenvalue weighted by molar-refractivity contribution is 6.39. The number of carbonyl (C=O) groups is 2. The molecule has 2 amide bonds. The first-order chi connectivity index (χ1) is 25.1. The standard InChI is InChI=1S/C38H42Cl2N6O6/c1-22(47)43-26-18-46(19-26)17-23-10-11-30(45-38(23)51-3)29-8-4-6-27(35(29)39)28-7-5-9-32(36(28)40)44-37(49)33-14-24(20-50-2)25(16-42-33)15-41-31-12-13-52-21-34(31)48/h4-11,14,16,26,31,34,41,48H,12-13,15,17-21H2,1-3H3,(H,43,47)(H,44,49)/t31-,34-/m1/s1. The third-order valence-electron chi connectivity index (χ3n) is 9.20. The van der Waals surface area contributed by atoms with Crippen molar-refractivity contribution in [3.8, 4) is 28.3 Å². The number of aromatic nitrogens is 2. The average Bonchev–Trinajstić information content (AvgIpc) is 3.12. The number of aliphatic hydroxyl groups is 1. The van der Waals surface area contributed by atoms with Crippen molar-refractivity contribution in [2.45, 2.75) is 51.2 Å². The summed E-state index contributed by atoms with van der Waals surface area (Å²) in [6, 6.07) is 16.6. The lowest BCUT2D eigenvalue weighted by Gasteiger charge is -2.39. The largest absolute Gasteiger partial charge is 0.481 e. The number of rotatable bonds is 13. The summed E-state index contributed by atoms with van der Waals surface area (Å²) in [4.78, 5) is 36.2. The van der Waals surface area contributed by atoms with Crippen LogP contribution in [-0.4, -0.2) is 90.5 Å². The van der Waals surface area contributed by atoms with Crippen molar-refractivity contribution in [2.24, 2.45) is 0 Å². The van der Waals surface area contributed by atoms with Gasteiger partial charge in [-0.05, 0) is 35.7 Å². The van der Waals surface area contributed by atoms with Gasteiger partial charge < -0.3 is 35.3 Å². The van der Waals surface area contributed by atoms with Crippen LogP contribution in [0.25, 0.3) is 22.4 Å². The molecule has 0 aliphatic carbocycles. The van der Waals surface area contributed by atoms with E-state index in [1.165, 1.54) is 6.92 Å². The summed E-state index contributed by atoms with van der Waals surface area (Å²) in [7, 11) is 3.18. The molecular formula is C38H42Cl2N6O6. The molecule has 2 fully saturated rings. The molecule has 0 radical (unpaired) electrons. The van der Waals surface area contributed by atoms with E-state index in [0.29, 0.717) is 76.7 Å². The van der Waals surface area contributed by atoms with Crippen molar-refractivity contribution in [3.05, 3.63) is 93.2 Å². The first-order valence-electron chi connectivity index (χ1n) is 17.0. The van der Waals surface area contributed by atoms with Gasteiger partial charge in [-0.25, -0.2) is 4.98 Å².